The third-order valence-electron chi connectivity index (χ3n) is 5.43. The minimum Gasteiger partial charge on any atom is -0.112 e. The molecule has 0 saturated heterocycles. The van der Waals surface area contributed by atoms with E-state index >= 15 is 0 Å². The van der Waals surface area contributed by atoms with Gasteiger partial charge < -0.3 is 0 Å². The van der Waals surface area contributed by atoms with E-state index in [4.69, 9.17) is 70.6 Å². The SMILES string of the molecule is [B]c1c([B])c([B])c(-c2c3ccccc3cc3c([B])c([B])c([B])c([B])c23)c([B])c1[B]. The normalized spacial score (nSPS) is 11.3. The van der Waals surface area contributed by atoms with Gasteiger partial charge in [-0.25, -0.2) is 0 Å². The molecular formula is C20H5B9. The van der Waals surface area contributed by atoms with Gasteiger partial charge in [-0.2, -0.15) is 0 Å². The van der Waals surface area contributed by atoms with E-state index in [1.165, 1.54) is 0 Å². The summed E-state index contributed by atoms with van der Waals surface area (Å²) in [4.78, 5) is 0. The molecule has 4 aromatic rings. The first-order chi connectivity index (χ1) is 13.7. The Morgan fingerprint density at radius 1 is 0.414 bits per heavy atom. The van der Waals surface area contributed by atoms with Gasteiger partial charge in [0.25, 0.3) is 0 Å². The highest BCUT2D eigenvalue weighted by molar-refractivity contribution is 6.70. The largest absolute Gasteiger partial charge is 0.113 e. The maximum absolute atomic E-state index is 6.39. The number of hydrogen-bond acceptors (Lipinski definition) is 0. The lowest BCUT2D eigenvalue weighted by Gasteiger charge is -2.26. The van der Waals surface area contributed by atoms with Crippen LogP contribution in [0.5, 0.6) is 0 Å². The Kier molecular flexibility index (Phi) is 4.92. The molecule has 0 aromatic heterocycles. The predicted molar refractivity (Wildman–Crippen MR) is 135 cm³/mol. The van der Waals surface area contributed by atoms with Crippen LogP contribution in [0.4, 0.5) is 0 Å². The van der Waals surface area contributed by atoms with E-state index in [0.717, 1.165) is 10.8 Å². The van der Waals surface area contributed by atoms with Crippen LogP contribution in [0.3, 0.4) is 0 Å². The fourth-order valence-electron chi connectivity index (χ4n) is 3.79. The Hall–Kier alpha value is -2.02. The van der Waals surface area contributed by atoms with Crippen molar-refractivity contribution >= 4 is 141 Å². The van der Waals surface area contributed by atoms with Gasteiger partial charge in [-0.1, -0.05) is 46.1 Å². The molecule has 0 saturated carbocycles. The molecule has 9 heteroatoms. The summed E-state index contributed by atoms with van der Waals surface area (Å²) in [6.45, 7) is 0. The second-order valence-corrected chi connectivity index (χ2v) is 6.99. The van der Waals surface area contributed by atoms with E-state index in [2.05, 4.69) is 0 Å². The van der Waals surface area contributed by atoms with Crippen molar-refractivity contribution in [3.05, 3.63) is 30.3 Å². The molecule has 0 unspecified atom stereocenters. The van der Waals surface area contributed by atoms with Gasteiger partial charge in [0, 0.05) is 0 Å². The van der Waals surface area contributed by atoms with E-state index in [1.807, 2.05) is 30.3 Å². The van der Waals surface area contributed by atoms with E-state index in [1.54, 1.807) is 0 Å². The van der Waals surface area contributed by atoms with Gasteiger partial charge in [0.05, 0.1) is 0 Å². The molecule has 0 aliphatic heterocycles. The minimum absolute atomic E-state index is 0.129. The smallest absolute Gasteiger partial charge is 0.112 e. The van der Waals surface area contributed by atoms with Crippen LogP contribution in [0.1, 0.15) is 0 Å². The average Bonchev–Trinajstić information content (AvgIpc) is 2.73. The third-order valence-corrected chi connectivity index (χ3v) is 5.43. The van der Waals surface area contributed by atoms with Crippen molar-refractivity contribution < 1.29 is 0 Å². The van der Waals surface area contributed by atoms with Gasteiger partial charge >= 0.3 is 0 Å². The summed E-state index contributed by atoms with van der Waals surface area (Å²) < 4.78 is 0. The van der Waals surface area contributed by atoms with Crippen molar-refractivity contribution in [2.75, 3.05) is 0 Å². The highest BCUT2D eigenvalue weighted by atomic mass is 14.2. The van der Waals surface area contributed by atoms with Crippen molar-refractivity contribution in [3.63, 3.8) is 0 Å². The third kappa shape index (κ3) is 2.81. The van der Waals surface area contributed by atoms with E-state index < -0.39 is 0 Å². The number of benzene rings is 4. The molecule has 0 bridgehead atoms. The number of fused-ring (bicyclic) bond motifs is 2. The summed E-state index contributed by atoms with van der Waals surface area (Å²) in [5.41, 5.74) is 2.81. The van der Waals surface area contributed by atoms with Crippen molar-refractivity contribution in [3.8, 4) is 11.1 Å². The van der Waals surface area contributed by atoms with Crippen molar-refractivity contribution in [1.29, 1.82) is 0 Å². The van der Waals surface area contributed by atoms with E-state index in [-0.39, 0.29) is 43.7 Å². The fraction of sp³-hybridized carbons (Fsp3) is 0. The quantitative estimate of drug-likeness (QED) is 0.240. The Labute approximate surface area is 182 Å². The van der Waals surface area contributed by atoms with Gasteiger partial charge in [0.2, 0.25) is 0 Å². The topological polar surface area (TPSA) is 0 Å². The Morgan fingerprint density at radius 3 is 1.52 bits per heavy atom. The summed E-state index contributed by atoms with van der Waals surface area (Å²) in [7, 11) is 55.8. The summed E-state index contributed by atoms with van der Waals surface area (Å²) in [5, 5.41) is 2.88. The lowest BCUT2D eigenvalue weighted by Crippen LogP contribution is -2.55. The Bertz CT molecular complexity index is 1310. The van der Waals surface area contributed by atoms with Crippen LogP contribution >= 0.6 is 0 Å². The van der Waals surface area contributed by atoms with Crippen molar-refractivity contribution in [2.24, 2.45) is 0 Å². The molecule has 112 valence electrons. The molecule has 4 aromatic carbocycles. The number of rotatable bonds is 1. The lowest BCUT2D eigenvalue weighted by atomic mass is 9.58. The molecule has 0 atom stereocenters. The standard InChI is InChI=1S/C20H5B9/c21-12-8-5-6-3-1-2-4-7(6)9(10(8)13(22)17(26)16(12)25)11-14(23)18(27)20(29)19(28)15(11)24/h1-5H. The second kappa shape index (κ2) is 7.04. The maximum Gasteiger partial charge on any atom is 0.113 e. The molecule has 0 spiro atoms. The minimum atomic E-state index is 0.129. The summed E-state index contributed by atoms with van der Waals surface area (Å²) >= 11 is 0. The second-order valence-electron chi connectivity index (χ2n) is 6.99. The van der Waals surface area contributed by atoms with E-state index in [9.17, 15) is 0 Å². The first kappa shape index (κ1) is 20.3. The lowest BCUT2D eigenvalue weighted by molar-refractivity contribution is 1.79. The molecule has 0 heterocycles. The molecule has 0 N–H and O–H groups in total. The van der Waals surface area contributed by atoms with Crippen molar-refractivity contribution in [1.82, 2.24) is 0 Å². The van der Waals surface area contributed by atoms with Crippen LogP contribution in [0.15, 0.2) is 30.3 Å². The zero-order chi connectivity index (χ0) is 21.2. The maximum atomic E-state index is 6.39. The molecule has 0 aliphatic carbocycles. The van der Waals surface area contributed by atoms with Gasteiger partial charge in [-0.05, 0) is 38.7 Å². The molecule has 29 heavy (non-hydrogen) atoms. The van der Waals surface area contributed by atoms with Gasteiger partial charge in [-0.15, -0.1) is 27.3 Å². The monoisotopic (exact) mass is 344 g/mol. The van der Waals surface area contributed by atoms with Crippen LogP contribution in [0, 0.1) is 0 Å². The van der Waals surface area contributed by atoms with Crippen LogP contribution in [-0.4, -0.2) is 70.6 Å². The summed E-state index contributed by atoms with van der Waals surface area (Å²) in [5.74, 6) is 0. The number of hydrogen-bond donors (Lipinski definition) is 0. The van der Waals surface area contributed by atoms with E-state index in [0.29, 0.717) is 27.4 Å². The Morgan fingerprint density at radius 2 is 0.897 bits per heavy atom. The zero-order valence-electron chi connectivity index (χ0n) is 15.6. The van der Waals surface area contributed by atoms with Gasteiger partial charge in [0.15, 0.2) is 0 Å². The fourth-order valence-corrected chi connectivity index (χ4v) is 3.79. The van der Waals surface area contributed by atoms with Crippen molar-refractivity contribution in [2.45, 2.75) is 0 Å². The molecule has 4 rings (SSSR count). The average molecular weight is 343 g/mol. The molecule has 18 radical (unpaired) electrons. The molecule has 0 nitrogen and oxygen atoms in total. The van der Waals surface area contributed by atoms with Gasteiger partial charge in [0.1, 0.15) is 70.6 Å². The Balaban J connectivity index is 2.39. The van der Waals surface area contributed by atoms with Crippen LogP contribution < -0.4 is 49.2 Å². The molecule has 0 aliphatic rings. The highest BCUT2D eigenvalue weighted by Gasteiger charge is 2.19. The highest BCUT2D eigenvalue weighted by Crippen LogP contribution is 2.32. The first-order valence-electron chi connectivity index (χ1n) is 8.75. The van der Waals surface area contributed by atoms with Crippen LogP contribution in [0.2, 0.25) is 0 Å². The van der Waals surface area contributed by atoms with Crippen LogP contribution in [0.25, 0.3) is 32.7 Å². The van der Waals surface area contributed by atoms with Crippen LogP contribution in [-0.2, 0) is 0 Å². The predicted octanol–water partition coefficient (Wildman–Crippen LogP) is -5.20. The molecular weight excluding hydrogens is 338 g/mol. The molecule has 0 amide bonds. The van der Waals surface area contributed by atoms with Gasteiger partial charge in [-0.3, -0.25) is 0 Å². The molecule has 0 fully saturated rings. The summed E-state index contributed by atoms with van der Waals surface area (Å²) in [6, 6.07) is 9.52. The summed E-state index contributed by atoms with van der Waals surface area (Å²) in [6.07, 6.45) is 0. The zero-order valence-corrected chi connectivity index (χ0v) is 15.6. The first-order valence-corrected chi connectivity index (χ1v) is 8.75.